The van der Waals surface area contributed by atoms with Gasteiger partial charge in [-0.2, -0.15) is 0 Å². The van der Waals surface area contributed by atoms with Crippen LogP contribution in [0, 0.1) is 0 Å². The molecule has 0 aromatic heterocycles. The second-order valence-electron chi connectivity index (χ2n) is 4.56. The van der Waals surface area contributed by atoms with E-state index in [1.54, 1.807) is 0 Å². The van der Waals surface area contributed by atoms with Crippen molar-refractivity contribution in [3.05, 3.63) is 0 Å². The van der Waals surface area contributed by atoms with Crippen LogP contribution in [0.2, 0.25) is 0 Å². The van der Waals surface area contributed by atoms with Crippen molar-refractivity contribution in [2.24, 2.45) is 0 Å². The molecule has 1 saturated heterocycles. The fourth-order valence-electron chi connectivity index (χ4n) is 1.77. The van der Waals surface area contributed by atoms with Crippen LogP contribution in [0.4, 0.5) is 0 Å². The minimum absolute atomic E-state index is 0.201. The maximum Gasteiger partial charge on any atom is 0.252 e. The molecule has 0 atom stereocenters. The number of carbonyl (C=O) groups is 2. The Balaban J connectivity index is 2.10. The number of hydrogen-bond donors (Lipinski definition) is 3. The summed E-state index contributed by atoms with van der Waals surface area (Å²) in [6, 6.07) is 0. The lowest BCUT2D eigenvalue weighted by atomic mass is 10.3. The summed E-state index contributed by atoms with van der Waals surface area (Å²) in [4.78, 5) is 26.3. The molecule has 104 valence electrons. The van der Waals surface area contributed by atoms with Crippen molar-refractivity contribution in [2.75, 3.05) is 52.9 Å². The molecule has 18 heavy (non-hydrogen) atoms. The first-order valence-corrected chi connectivity index (χ1v) is 6.25. The van der Waals surface area contributed by atoms with Gasteiger partial charge in [-0.25, -0.2) is 0 Å². The van der Waals surface area contributed by atoms with Crippen LogP contribution in [0.1, 0.15) is 6.92 Å². The van der Waals surface area contributed by atoms with E-state index in [0.29, 0.717) is 0 Å². The Morgan fingerprint density at radius 2 is 1.94 bits per heavy atom. The normalized spacial score (nSPS) is 16.6. The van der Waals surface area contributed by atoms with Crippen molar-refractivity contribution in [1.82, 2.24) is 26.0 Å². The van der Waals surface area contributed by atoms with Crippen LogP contribution in [0.15, 0.2) is 0 Å². The van der Waals surface area contributed by atoms with Crippen LogP contribution in [-0.4, -0.2) is 74.5 Å². The lowest BCUT2D eigenvalue weighted by molar-refractivity contribution is -0.128. The minimum atomic E-state index is -0.271. The second kappa shape index (κ2) is 8.02. The molecular weight excluding hydrogens is 234 g/mol. The van der Waals surface area contributed by atoms with Gasteiger partial charge in [0.2, 0.25) is 5.91 Å². The Kier molecular flexibility index (Phi) is 6.63. The standard InChI is InChI=1S/C11H23N5O2/c1-10(17)13-14-11(18)9-15(2)7-8-16-5-3-12-4-6-16/h12H,3-9H2,1-2H3,(H,13,17)(H,14,18). The molecule has 7 heteroatoms. The molecule has 0 bridgehead atoms. The number of rotatable bonds is 5. The zero-order chi connectivity index (χ0) is 13.4. The SMILES string of the molecule is CC(=O)NNC(=O)CN(C)CCN1CCNCC1. The molecule has 1 rings (SSSR count). The average molecular weight is 257 g/mol. The summed E-state index contributed by atoms with van der Waals surface area (Å²) in [5.41, 5.74) is 4.62. The highest BCUT2D eigenvalue weighted by atomic mass is 16.2. The zero-order valence-electron chi connectivity index (χ0n) is 11.2. The van der Waals surface area contributed by atoms with Crippen LogP contribution in [0.3, 0.4) is 0 Å². The third-order valence-corrected chi connectivity index (χ3v) is 2.80. The van der Waals surface area contributed by atoms with Crippen LogP contribution >= 0.6 is 0 Å². The van der Waals surface area contributed by atoms with E-state index in [0.717, 1.165) is 39.3 Å². The minimum Gasteiger partial charge on any atom is -0.314 e. The zero-order valence-corrected chi connectivity index (χ0v) is 11.2. The first-order valence-electron chi connectivity index (χ1n) is 6.25. The van der Waals surface area contributed by atoms with Gasteiger partial charge in [0.15, 0.2) is 0 Å². The van der Waals surface area contributed by atoms with Crippen molar-refractivity contribution in [3.8, 4) is 0 Å². The maximum atomic E-state index is 11.4. The molecule has 1 heterocycles. The van der Waals surface area contributed by atoms with E-state index in [4.69, 9.17) is 0 Å². The van der Waals surface area contributed by atoms with Gasteiger partial charge in [0.1, 0.15) is 0 Å². The van der Waals surface area contributed by atoms with E-state index in [9.17, 15) is 9.59 Å². The van der Waals surface area contributed by atoms with Crippen LogP contribution in [-0.2, 0) is 9.59 Å². The Morgan fingerprint density at radius 1 is 1.28 bits per heavy atom. The van der Waals surface area contributed by atoms with Crippen molar-refractivity contribution < 1.29 is 9.59 Å². The number of nitrogens with one attached hydrogen (secondary N) is 3. The number of piperazine rings is 1. The van der Waals surface area contributed by atoms with Gasteiger partial charge in [-0.1, -0.05) is 0 Å². The molecule has 0 radical (unpaired) electrons. The lowest BCUT2D eigenvalue weighted by Gasteiger charge is -2.28. The second-order valence-corrected chi connectivity index (χ2v) is 4.56. The van der Waals surface area contributed by atoms with Gasteiger partial charge >= 0.3 is 0 Å². The van der Waals surface area contributed by atoms with E-state index in [1.807, 2.05) is 11.9 Å². The predicted molar refractivity (Wildman–Crippen MR) is 68.8 cm³/mol. The third-order valence-electron chi connectivity index (χ3n) is 2.80. The molecule has 7 nitrogen and oxygen atoms in total. The number of hydrazine groups is 1. The molecule has 0 unspecified atom stereocenters. The summed E-state index contributed by atoms with van der Waals surface area (Å²) in [5, 5.41) is 3.30. The highest BCUT2D eigenvalue weighted by Crippen LogP contribution is 1.92. The van der Waals surface area contributed by atoms with E-state index >= 15 is 0 Å². The summed E-state index contributed by atoms with van der Waals surface area (Å²) >= 11 is 0. The van der Waals surface area contributed by atoms with E-state index in [1.165, 1.54) is 6.92 Å². The van der Waals surface area contributed by atoms with E-state index in [-0.39, 0.29) is 18.4 Å². The molecular formula is C11H23N5O2. The smallest absolute Gasteiger partial charge is 0.252 e. The molecule has 1 aliphatic rings. The van der Waals surface area contributed by atoms with E-state index in [2.05, 4.69) is 21.1 Å². The van der Waals surface area contributed by atoms with Gasteiger partial charge in [-0.3, -0.25) is 30.2 Å². The highest BCUT2D eigenvalue weighted by Gasteiger charge is 2.11. The third kappa shape index (κ3) is 6.53. The fraction of sp³-hybridized carbons (Fsp3) is 0.818. The predicted octanol–water partition coefficient (Wildman–Crippen LogP) is -2.01. The first kappa shape index (κ1) is 14.9. The molecule has 0 aliphatic carbocycles. The van der Waals surface area contributed by atoms with Gasteiger partial charge in [-0.15, -0.1) is 0 Å². The Hall–Kier alpha value is -1.18. The Morgan fingerprint density at radius 3 is 2.56 bits per heavy atom. The Bertz CT molecular complexity index is 279. The molecule has 0 saturated carbocycles. The number of likely N-dealkylation sites (N-methyl/N-ethyl adjacent to an activating group) is 1. The van der Waals surface area contributed by atoms with Crippen LogP contribution in [0.5, 0.6) is 0 Å². The number of carbonyl (C=O) groups excluding carboxylic acids is 2. The van der Waals surface area contributed by atoms with Crippen molar-refractivity contribution >= 4 is 11.8 Å². The monoisotopic (exact) mass is 257 g/mol. The largest absolute Gasteiger partial charge is 0.314 e. The van der Waals surface area contributed by atoms with Crippen molar-refractivity contribution in [3.63, 3.8) is 0 Å². The molecule has 0 spiro atoms. The summed E-state index contributed by atoms with van der Waals surface area (Å²) in [6.07, 6.45) is 0. The number of nitrogens with zero attached hydrogens (tertiary/aromatic N) is 2. The van der Waals surface area contributed by atoms with E-state index < -0.39 is 0 Å². The molecule has 1 aliphatic heterocycles. The quantitative estimate of drug-likeness (QED) is 0.496. The van der Waals surface area contributed by atoms with Gasteiger partial charge in [-0.05, 0) is 7.05 Å². The summed E-state index contributed by atoms with van der Waals surface area (Å²) in [5.74, 6) is -0.472. The van der Waals surface area contributed by atoms with Crippen LogP contribution in [0.25, 0.3) is 0 Å². The highest BCUT2D eigenvalue weighted by molar-refractivity contribution is 5.81. The topological polar surface area (TPSA) is 76.7 Å². The van der Waals surface area contributed by atoms with Gasteiger partial charge < -0.3 is 5.32 Å². The van der Waals surface area contributed by atoms with Crippen LogP contribution < -0.4 is 16.2 Å². The summed E-state index contributed by atoms with van der Waals surface area (Å²) < 4.78 is 0. The molecule has 0 aromatic rings. The van der Waals surface area contributed by atoms with Crippen molar-refractivity contribution in [1.29, 1.82) is 0 Å². The fourth-order valence-corrected chi connectivity index (χ4v) is 1.77. The number of hydrogen-bond acceptors (Lipinski definition) is 5. The maximum absolute atomic E-state index is 11.4. The molecule has 3 N–H and O–H groups in total. The van der Waals surface area contributed by atoms with Gasteiger partial charge in [0.05, 0.1) is 6.54 Å². The average Bonchev–Trinajstić information content (AvgIpc) is 2.35. The molecule has 2 amide bonds. The summed E-state index contributed by atoms with van der Waals surface area (Å²) in [6.45, 7) is 7.64. The first-order chi connectivity index (χ1) is 8.58. The molecule has 1 fully saturated rings. The number of amides is 2. The van der Waals surface area contributed by atoms with Crippen molar-refractivity contribution in [2.45, 2.75) is 6.92 Å². The lowest BCUT2D eigenvalue weighted by Crippen LogP contribution is -2.48. The Labute approximate surface area is 108 Å². The van der Waals surface area contributed by atoms with Gasteiger partial charge in [0, 0.05) is 46.2 Å². The molecule has 0 aromatic carbocycles. The summed E-state index contributed by atoms with van der Waals surface area (Å²) in [7, 11) is 1.90. The van der Waals surface area contributed by atoms with Gasteiger partial charge in [0.25, 0.3) is 5.91 Å².